The van der Waals surface area contributed by atoms with Crippen LogP contribution >= 0.6 is 0 Å². The normalized spacial score (nSPS) is 23.2. The van der Waals surface area contributed by atoms with Gasteiger partial charge in [0, 0.05) is 43.3 Å². The summed E-state index contributed by atoms with van der Waals surface area (Å²) in [5.41, 5.74) is 18.4. The molecule has 3 aliphatic rings. The Bertz CT molecular complexity index is 996. The largest absolute Gasteiger partial charge is 0.488 e. The van der Waals surface area contributed by atoms with Crippen molar-refractivity contribution in [2.24, 2.45) is 5.73 Å². The first-order valence-electron chi connectivity index (χ1n) is 12.4. The second-order valence-electron chi connectivity index (χ2n) is 10.2. The van der Waals surface area contributed by atoms with Crippen LogP contribution in [0.2, 0.25) is 0 Å². The number of hydrogen-bond acceptors (Lipinski definition) is 7. The summed E-state index contributed by atoms with van der Waals surface area (Å²) in [5.74, 6) is 1.60. The number of nitrogen functional groups attached to an aromatic ring is 1. The average Bonchev–Trinajstić information content (AvgIpc) is 3.27. The fourth-order valence-corrected chi connectivity index (χ4v) is 6.29. The minimum Gasteiger partial charge on any atom is -0.488 e. The number of nitrogens with two attached hydrogens (primary N) is 2. The Balaban J connectivity index is 1.61. The molecule has 0 radical (unpaired) electrons. The highest BCUT2D eigenvalue weighted by Crippen LogP contribution is 2.55. The maximum atomic E-state index is 6.67. The van der Waals surface area contributed by atoms with Crippen LogP contribution in [-0.4, -0.2) is 49.4 Å². The molecule has 0 saturated heterocycles. The lowest BCUT2D eigenvalue weighted by molar-refractivity contribution is 0.147. The number of benzene rings is 1. The molecule has 0 aliphatic heterocycles. The summed E-state index contributed by atoms with van der Waals surface area (Å²) in [4.78, 5) is 11.5. The van der Waals surface area contributed by atoms with Gasteiger partial charge in [-0.25, -0.2) is 9.97 Å². The van der Waals surface area contributed by atoms with Gasteiger partial charge in [0.2, 0.25) is 0 Å². The highest BCUT2D eigenvalue weighted by molar-refractivity contribution is 5.83. The van der Waals surface area contributed by atoms with Gasteiger partial charge >= 0.3 is 0 Å². The zero-order chi connectivity index (χ0) is 23.0. The summed E-state index contributed by atoms with van der Waals surface area (Å²) in [7, 11) is 3.89. The van der Waals surface area contributed by atoms with Crippen LogP contribution < -0.4 is 21.1 Å². The van der Waals surface area contributed by atoms with E-state index in [0.717, 1.165) is 74.1 Å². The molecule has 4 N–H and O–H groups in total. The molecule has 1 spiro atoms. The molecule has 1 aromatic carbocycles. The molecule has 1 heterocycles. The first-order valence-corrected chi connectivity index (χ1v) is 12.4. The Kier molecular flexibility index (Phi) is 6.18. The molecule has 7 nitrogen and oxygen atoms in total. The van der Waals surface area contributed by atoms with E-state index in [-0.39, 0.29) is 11.5 Å². The third-order valence-corrected chi connectivity index (χ3v) is 8.01. The fourth-order valence-electron chi connectivity index (χ4n) is 6.29. The van der Waals surface area contributed by atoms with Crippen LogP contribution in [0.1, 0.15) is 62.5 Å². The van der Waals surface area contributed by atoms with E-state index in [2.05, 4.69) is 29.1 Å². The van der Waals surface area contributed by atoms with Crippen molar-refractivity contribution in [3.8, 4) is 17.0 Å². The van der Waals surface area contributed by atoms with E-state index in [1.54, 1.807) is 13.4 Å². The quantitative estimate of drug-likeness (QED) is 0.689. The molecule has 0 bridgehead atoms. The van der Waals surface area contributed by atoms with Crippen LogP contribution in [0.3, 0.4) is 0 Å². The highest BCUT2D eigenvalue weighted by Gasteiger charge is 2.45. The van der Waals surface area contributed by atoms with Gasteiger partial charge in [-0.3, -0.25) is 0 Å². The Morgan fingerprint density at radius 3 is 2.61 bits per heavy atom. The number of rotatable bonds is 6. The molecule has 0 unspecified atom stereocenters. The Hall–Kier alpha value is -2.38. The van der Waals surface area contributed by atoms with Crippen LogP contribution in [-0.2, 0) is 16.6 Å². The number of fused-ring (bicyclic) bond motifs is 4. The second kappa shape index (κ2) is 9.11. The van der Waals surface area contributed by atoms with Gasteiger partial charge in [0.05, 0.1) is 24.1 Å². The van der Waals surface area contributed by atoms with Gasteiger partial charge in [0.15, 0.2) is 0 Å². The van der Waals surface area contributed by atoms with Crippen molar-refractivity contribution in [1.82, 2.24) is 9.97 Å². The third kappa shape index (κ3) is 4.06. The molecule has 5 rings (SSSR count). The maximum absolute atomic E-state index is 6.67. The summed E-state index contributed by atoms with van der Waals surface area (Å²) in [6.07, 6.45) is 11.5. The molecular formula is C26H37N5O2. The number of nitrogens with zero attached hydrogens (tertiary/aromatic N) is 3. The van der Waals surface area contributed by atoms with Gasteiger partial charge in [0.1, 0.15) is 17.9 Å². The van der Waals surface area contributed by atoms with Crippen LogP contribution in [0.15, 0.2) is 18.5 Å². The zero-order valence-corrected chi connectivity index (χ0v) is 20.0. The first kappa shape index (κ1) is 22.4. The number of anilines is 2. The van der Waals surface area contributed by atoms with Crippen molar-refractivity contribution in [3.63, 3.8) is 0 Å². The predicted molar refractivity (Wildman–Crippen MR) is 132 cm³/mol. The molecule has 0 amide bonds. The van der Waals surface area contributed by atoms with Crippen LogP contribution in [0.25, 0.3) is 11.3 Å². The standard InChI is InChI=1S/C26H37N5O2/c1-31(13-14-32-2)24-20-15-26(11-3-4-12-26)22-23(29-16-30-25(22)28)19(20)9-10-21(24)33-18-7-5-17(27)6-8-18/h9-10,16-18H,3-8,11-15,27H2,1-2H3,(H2,28,29,30)/t17-,18-. The van der Waals surface area contributed by atoms with Crippen molar-refractivity contribution < 1.29 is 9.47 Å². The third-order valence-electron chi connectivity index (χ3n) is 8.01. The molecule has 2 aromatic rings. The lowest BCUT2D eigenvalue weighted by Crippen LogP contribution is -2.34. The molecule has 33 heavy (non-hydrogen) atoms. The average molecular weight is 452 g/mol. The smallest absolute Gasteiger partial charge is 0.143 e. The Labute approximate surface area is 196 Å². The first-order chi connectivity index (χ1) is 16.0. The molecule has 1 aromatic heterocycles. The minimum absolute atomic E-state index is 0.0146. The number of hydrogen-bond donors (Lipinski definition) is 2. The number of aromatic nitrogens is 2. The highest BCUT2D eigenvalue weighted by atomic mass is 16.5. The van der Waals surface area contributed by atoms with Gasteiger partial charge in [-0.2, -0.15) is 0 Å². The number of ether oxygens (including phenoxy) is 2. The predicted octanol–water partition coefficient (Wildman–Crippen LogP) is 3.83. The van der Waals surface area contributed by atoms with E-state index in [1.165, 1.54) is 24.1 Å². The molecule has 2 fully saturated rings. The monoisotopic (exact) mass is 451 g/mol. The Morgan fingerprint density at radius 2 is 1.88 bits per heavy atom. The second-order valence-corrected chi connectivity index (χ2v) is 10.2. The number of methoxy groups -OCH3 is 1. The summed E-state index contributed by atoms with van der Waals surface area (Å²) in [6, 6.07) is 4.61. The van der Waals surface area contributed by atoms with Crippen LogP contribution in [0.4, 0.5) is 11.5 Å². The topological polar surface area (TPSA) is 99.5 Å². The fraction of sp³-hybridized carbons (Fsp3) is 0.615. The van der Waals surface area contributed by atoms with E-state index in [9.17, 15) is 0 Å². The Morgan fingerprint density at radius 1 is 1.12 bits per heavy atom. The number of likely N-dealkylation sites (N-methyl/N-ethyl adjacent to an activating group) is 1. The summed E-state index contributed by atoms with van der Waals surface area (Å²) >= 11 is 0. The van der Waals surface area contributed by atoms with E-state index < -0.39 is 0 Å². The molecule has 7 heteroatoms. The van der Waals surface area contributed by atoms with E-state index in [1.807, 2.05) is 0 Å². The molecule has 0 atom stereocenters. The van der Waals surface area contributed by atoms with Gasteiger partial charge in [-0.05, 0) is 62.6 Å². The van der Waals surface area contributed by atoms with Gasteiger partial charge in [-0.15, -0.1) is 0 Å². The molecular weight excluding hydrogens is 414 g/mol. The lowest BCUT2D eigenvalue weighted by Gasteiger charge is -2.39. The van der Waals surface area contributed by atoms with Gasteiger partial charge < -0.3 is 25.8 Å². The SMILES string of the molecule is COCCN(C)c1c(O[C@H]2CC[C@H](N)CC2)ccc2c1CC1(CCCC1)c1c(N)ncnc1-2. The van der Waals surface area contributed by atoms with Crippen molar-refractivity contribution in [2.75, 3.05) is 37.9 Å². The van der Waals surface area contributed by atoms with Crippen molar-refractivity contribution in [2.45, 2.75) is 75.3 Å². The lowest BCUT2D eigenvalue weighted by atomic mass is 9.67. The van der Waals surface area contributed by atoms with E-state index >= 15 is 0 Å². The van der Waals surface area contributed by atoms with Crippen molar-refractivity contribution in [1.29, 1.82) is 0 Å². The maximum Gasteiger partial charge on any atom is 0.143 e. The minimum atomic E-state index is 0.0146. The van der Waals surface area contributed by atoms with Gasteiger partial charge in [0.25, 0.3) is 0 Å². The van der Waals surface area contributed by atoms with E-state index in [0.29, 0.717) is 18.5 Å². The molecule has 2 saturated carbocycles. The summed E-state index contributed by atoms with van der Waals surface area (Å²) in [6.45, 7) is 1.46. The zero-order valence-electron chi connectivity index (χ0n) is 20.0. The summed E-state index contributed by atoms with van der Waals surface area (Å²) < 4.78 is 12.1. The molecule has 178 valence electrons. The van der Waals surface area contributed by atoms with Crippen molar-refractivity contribution >= 4 is 11.5 Å². The van der Waals surface area contributed by atoms with Gasteiger partial charge in [-0.1, -0.05) is 12.8 Å². The summed E-state index contributed by atoms with van der Waals surface area (Å²) in [5, 5.41) is 0. The molecule has 3 aliphatic carbocycles. The van der Waals surface area contributed by atoms with E-state index in [4.69, 9.17) is 25.9 Å². The van der Waals surface area contributed by atoms with Crippen molar-refractivity contribution in [3.05, 3.63) is 29.6 Å². The van der Waals surface area contributed by atoms with Crippen LogP contribution in [0.5, 0.6) is 5.75 Å². The van der Waals surface area contributed by atoms with Crippen LogP contribution in [0, 0.1) is 0 Å².